The van der Waals surface area contributed by atoms with Gasteiger partial charge in [0, 0.05) is 41.0 Å². The number of pyridine rings is 1. The van der Waals surface area contributed by atoms with Crippen molar-refractivity contribution >= 4 is 45.9 Å². The molecule has 0 radical (unpaired) electrons. The van der Waals surface area contributed by atoms with E-state index in [4.69, 9.17) is 9.84 Å². The van der Waals surface area contributed by atoms with Crippen LogP contribution in [0.3, 0.4) is 0 Å². The van der Waals surface area contributed by atoms with E-state index in [1.54, 1.807) is 10.9 Å². The number of hydrogen-bond acceptors (Lipinski definition) is 9. The van der Waals surface area contributed by atoms with E-state index < -0.39 is 0 Å². The maximum atomic E-state index is 13.5. The number of nitrogens with zero attached hydrogens (tertiary/aromatic N) is 6. The van der Waals surface area contributed by atoms with Crippen molar-refractivity contribution in [2.45, 2.75) is 52.2 Å². The van der Waals surface area contributed by atoms with Gasteiger partial charge in [-0.25, -0.2) is 24.4 Å². The van der Waals surface area contributed by atoms with Crippen molar-refractivity contribution in [1.82, 2.24) is 34.9 Å². The van der Waals surface area contributed by atoms with Gasteiger partial charge in [0.2, 0.25) is 0 Å². The molecule has 54 heavy (non-hydrogen) atoms. The third-order valence-corrected chi connectivity index (χ3v) is 9.22. The van der Waals surface area contributed by atoms with Crippen molar-refractivity contribution < 1.29 is 14.3 Å². The van der Waals surface area contributed by atoms with Crippen molar-refractivity contribution in [1.29, 1.82) is 0 Å². The first-order valence-electron chi connectivity index (χ1n) is 17.9. The number of anilines is 4. The maximum absolute atomic E-state index is 13.5. The molecule has 276 valence electrons. The molecule has 1 saturated heterocycles. The molecule has 0 unspecified atom stereocenters. The predicted octanol–water partition coefficient (Wildman–Crippen LogP) is 7.22. The fourth-order valence-corrected chi connectivity index (χ4v) is 6.24. The van der Waals surface area contributed by atoms with Gasteiger partial charge in [0.05, 0.1) is 29.5 Å². The average molecular weight is 725 g/mol. The van der Waals surface area contributed by atoms with Crippen LogP contribution in [0.25, 0.3) is 16.5 Å². The number of amides is 3. The third kappa shape index (κ3) is 8.48. The second-order valence-electron chi connectivity index (χ2n) is 14.6. The van der Waals surface area contributed by atoms with Crippen LogP contribution in [-0.4, -0.2) is 67.7 Å². The van der Waals surface area contributed by atoms with E-state index in [2.05, 4.69) is 61.9 Å². The van der Waals surface area contributed by atoms with Crippen molar-refractivity contribution in [2.75, 3.05) is 36.1 Å². The lowest BCUT2D eigenvalue weighted by Gasteiger charge is -2.15. The highest BCUT2D eigenvalue weighted by Gasteiger charge is 2.23. The van der Waals surface area contributed by atoms with Gasteiger partial charge in [-0.15, -0.1) is 0 Å². The second kappa shape index (κ2) is 15.3. The number of ether oxygens (including phenoxy) is 1. The zero-order valence-electron chi connectivity index (χ0n) is 31.1. The van der Waals surface area contributed by atoms with Crippen LogP contribution in [-0.2, 0) is 12.0 Å². The zero-order chi connectivity index (χ0) is 37.8. The number of hydrogen-bond donors (Lipinski definition) is 4. The number of carbonyl (C=O) groups is 2. The molecule has 6 aromatic rings. The van der Waals surface area contributed by atoms with Crippen LogP contribution >= 0.6 is 0 Å². The van der Waals surface area contributed by atoms with Gasteiger partial charge in [0.25, 0.3) is 5.91 Å². The minimum absolute atomic E-state index is 0.116. The van der Waals surface area contributed by atoms with Gasteiger partial charge >= 0.3 is 6.03 Å². The van der Waals surface area contributed by atoms with Gasteiger partial charge in [-0.05, 0) is 68.9 Å². The molecule has 1 fully saturated rings. The summed E-state index contributed by atoms with van der Waals surface area (Å²) in [4.78, 5) is 41.3. The monoisotopic (exact) mass is 724 g/mol. The molecule has 0 spiro atoms. The minimum Gasteiger partial charge on any atom is -0.488 e. The summed E-state index contributed by atoms with van der Waals surface area (Å²) >= 11 is 0. The molecule has 1 aliphatic rings. The van der Waals surface area contributed by atoms with Crippen LogP contribution in [0.15, 0.2) is 97.5 Å². The molecule has 4 heterocycles. The van der Waals surface area contributed by atoms with Gasteiger partial charge < -0.3 is 25.6 Å². The van der Waals surface area contributed by atoms with Crippen molar-refractivity contribution in [3.05, 3.63) is 120 Å². The number of benzene rings is 3. The number of aromatic nitrogens is 5. The first-order valence-corrected chi connectivity index (χ1v) is 17.9. The fraction of sp³-hybridized carbons (Fsp3) is 0.268. The Balaban J connectivity index is 1.00. The van der Waals surface area contributed by atoms with Crippen LogP contribution in [0.2, 0.25) is 0 Å². The van der Waals surface area contributed by atoms with E-state index in [9.17, 15) is 9.59 Å². The summed E-state index contributed by atoms with van der Waals surface area (Å²) in [6, 6.07) is 24.9. The molecule has 0 saturated carbocycles. The number of nitrogens with one attached hydrogen (secondary N) is 4. The lowest BCUT2D eigenvalue weighted by molar-refractivity contribution is 0.0933. The summed E-state index contributed by atoms with van der Waals surface area (Å²) in [6.07, 6.45) is 5.58. The highest BCUT2D eigenvalue weighted by Crippen LogP contribution is 2.33. The molecule has 1 atom stereocenters. The minimum atomic E-state index is -0.390. The normalized spacial score (nSPS) is 14.5. The van der Waals surface area contributed by atoms with E-state index in [1.807, 2.05) is 92.8 Å². The van der Waals surface area contributed by atoms with Crippen molar-refractivity contribution in [3.8, 4) is 11.4 Å². The Hall–Kier alpha value is -6.34. The van der Waals surface area contributed by atoms with Crippen LogP contribution in [0.4, 0.5) is 27.9 Å². The van der Waals surface area contributed by atoms with Crippen LogP contribution in [0.1, 0.15) is 54.5 Å². The molecule has 3 aromatic heterocycles. The Morgan fingerprint density at radius 3 is 2.41 bits per heavy atom. The topological polar surface area (TPSA) is 151 Å². The van der Waals surface area contributed by atoms with Gasteiger partial charge in [0.1, 0.15) is 35.5 Å². The first kappa shape index (κ1) is 36.0. The van der Waals surface area contributed by atoms with E-state index in [0.717, 1.165) is 52.8 Å². The standard InChI is InChI=1S/C41H44N10O3/c1-26-10-12-29(13-11-26)51-38(21-35(49-51)41(2,3)4)48-40(53)46-32-14-15-34(31-9-7-6-8-30(31)32)54-25-27-16-18-42-36(20-27)47-37-23-43-33(22-44-37)39(52)45-28-17-19-50(5)24-28/h6-16,18,20-23,28H,17,19,24-25H2,1-5H3,(H,45,52)(H,42,44,47)(H2,46,48,53)/t28-/m0/s1. The van der Waals surface area contributed by atoms with Crippen LogP contribution in [0, 0.1) is 6.92 Å². The number of fused-ring (bicyclic) bond motifs is 1. The quantitative estimate of drug-likeness (QED) is 0.115. The molecule has 13 heteroatoms. The lowest BCUT2D eigenvalue weighted by atomic mass is 9.92. The zero-order valence-corrected chi connectivity index (χ0v) is 31.1. The fourth-order valence-electron chi connectivity index (χ4n) is 6.24. The number of aryl methyl sites for hydroxylation is 1. The SMILES string of the molecule is Cc1ccc(-n2nc(C(C)(C)C)cc2NC(=O)Nc2ccc(OCc3ccnc(Nc4cnc(C(=O)N[C@H]5CCN(C)C5)cn4)c3)c3ccccc23)cc1. The van der Waals surface area contributed by atoms with Crippen molar-refractivity contribution in [2.24, 2.45) is 0 Å². The summed E-state index contributed by atoms with van der Waals surface area (Å²) in [5.74, 6) is 2.02. The summed E-state index contributed by atoms with van der Waals surface area (Å²) in [6.45, 7) is 10.4. The van der Waals surface area contributed by atoms with E-state index in [-0.39, 0.29) is 35.7 Å². The molecule has 4 N–H and O–H groups in total. The Bertz CT molecular complexity index is 2280. The number of likely N-dealkylation sites (N-methyl/N-ethyl adjacent to an activating group) is 1. The molecule has 0 bridgehead atoms. The van der Waals surface area contributed by atoms with E-state index in [0.29, 0.717) is 28.9 Å². The Labute approximate surface area is 314 Å². The predicted molar refractivity (Wildman–Crippen MR) is 211 cm³/mol. The number of rotatable bonds is 10. The summed E-state index contributed by atoms with van der Waals surface area (Å²) < 4.78 is 8.07. The number of likely N-dealkylation sites (tertiary alicyclic amines) is 1. The van der Waals surface area contributed by atoms with Gasteiger partial charge in [0.15, 0.2) is 0 Å². The number of urea groups is 1. The van der Waals surface area contributed by atoms with Gasteiger partial charge in [-0.1, -0.05) is 62.7 Å². The number of carbonyl (C=O) groups excluding carboxylic acids is 2. The molecular formula is C41H44N10O3. The third-order valence-electron chi connectivity index (χ3n) is 9.22. The van der Waals surface area contributed by atoms with Crippen LogP contribution in [0.5, 0.6) is 5.75 Å². The molecule has 3 aromatic carbocycles. The summed E-state index contributed by atoms with van der Waals surface area (Å²) in [5, 5.41) is 18.7. The van der Waals surface area contributed by atoms with E-state index in [1.165, 1.54) is 12.4 Å². The van der Waals surface area contributed by atoms with Gasteiger partial charge in [-0.2, -0.15) is 5.10 Å². The molecule has 7 rings (SSSR count). The maximum Gasteiger partial charge on any atom is 0.324 e. The Kier molecular flexibility index (Phi) is 10.2. The highest BCUT2D eigenvalue weighted by molar-refractivity contribution is 6.07. The lowest BCUT2D eigenvalue weighted by Crippen LogP contribution is -2.36. The molecular weight excluding hydrogens is 681 g/mol. The Morgan fingerprint density at radius 2 is 1.69 bits per heavy atom. The summed E-state index contributed by atoms with van der Waals surface area (Å²) in [5.41, 5.74) is 4.42. The molecule has 1 aliphatic heterocycles. The molecule has 13 nitrogen and oxygen atoms in total. The van der Waals surface area contributed by atoms with Gasteiger partial charge in [-0.3, -0.25) is 10.1 Å². The largest absolute Gasteiger partial charge is 0.488 e. The first-order chi connectivity index (χ1) is 26.0. The smallest absolute Gasteiger partial charge is 0.324 e. The van der Waals surface area contributed by atoms with Crippen LogP contribution < -0.4 is 26.0 Å². The summed E-state index contributed by atoms with van der Waals surface area (Å²) in [7, 11) is 2.04. The Morgan fingerprint density at radius 1 is 0.889 bits per heavy atom. The second-order valence-corrected chi connectivity index (χ2v) is 14.6. The van der Waals surface area contributed by atoms with Crippen molar-refractivity contribution in [3.63, 3.8) is 0 Å². The molecule has 3 amide bonds. The molecule has 0 aliphatic carbocycles. The average Bonchev–Trinajstić information content (AvgIpc) is 3.77. The van der Waals surface area contributed by atoms with E-state index >= 15 is 0 Å². The highest BCUT2D eigenvalue weighted by atomic mass is 16.5.